The Labute approximate surface area is 96.3 Å². The molecule has 6 nitrogen and oxygen atoms in total. The maximum atomic E-state index is 10.3. The van der Waals surface area contributed by atoms with E-state index in [1.165, 1.54) is 12.1 Å². The van der Waals surface area contributed by atoms with Crippen molar-refractivity contribution in [2.45, 2.75) is 0 Å². The van der Waals surface area contributed by atoms with Crippen LogP contribution in [0.4, 0.5) is 0 Å². The molecule has 0 aliphatic rings. The summed E-state index contributed by atoms with van der Waals surface area (Å²) in [5, 5.41) is 17.3. The van der Waals surface area contributed by atoms with Gasteiger partial charge in [0.25, 0.3) is 0 Å². The molecule has 0 bridgehead atoms. The van der Waals surface area contributed by atoms with Gasteiger partial charge in [0.1, 0.15) is 11.3 Å². The third-order valence-electron chi connectivity index (χ3n) is 1.13. The minimum Gasteiger partial charge on any atom is -0.507 e. The first-order valence-electron chi connectivity index (χ1n) is 2.73. The molecule has 0 heterocycles. The van der Waals surface area contributed by atoms with Gasteiger partial charge in [-0.1, -0.05) is 12.1 Å². The van der Waals surface area contributed by atoms with Gasteiger partial charge >= 0.3 is 29.0 Å². The number of aromatic carboxylic acids is 1. The van der Waals surface area contributed by atoms with Crippen molar-refractivity contribution in [3.8, 4) is 5.75 Å². The van der Waals surface area contributed by atoms with E-state index >= 15 is 0 Å². The van der Waals surface area contributed by atoms with E-state index in [1.807, 2.05) is 0 Å². The monoisotopic (exact) mass is 218 g/mol. The summed E-state index contributed by atoms with van der Waals surface area (Å²) in [6, 6.07) is 5.81. The molecule has 0 radical (unpaired) electrons. The predicted molar refractivity (Wildman–Crippen MR) is 54.5 cm³/mol. The second-order valence-corrected chi connectivity index (χ2v) is 1.82. The number of phenols is 1. The van der Waals surface area contributed by atoms with E-state index in [1.54, 1.807) is 12.1 Å². The maximum Gasteiger partial charge on any atom is 0.339 e. The van der Waals surface area contributed by atoms with E-state index in [9.17, 15) is 4.79 Å². The summed E-state index contributed by atoms with van der Waals surface area (Å²) in [7, 11) is 0. The van der Waals surface area contributed by atoms with Crippen molar-refractivity contribution in [3.63, 3.8) is 0 Å². The first-order chi connectivity index (χ1) is 4.72. The number of rotatable bonds is 1. The first-order valence-corrected chi connectivity index (χ1v) is 2.73. The number of benzene rings is 1. The third-order valence-corrected chi connectivity index (χ3v) is 1.13. The smallest absolute Gasteiger partial charge is 0.339 e. The van der Waals surface area contributed by atoms with E-state index in [2.05, 4.69) is 0 Å². The molecule has 0 amide bonds. The van der Waals surface area contributed by atoms with Crippen LogP contribution in [-0.4, -0.2) is 55.7 Å². The lowest BCUT2D eigenvalue weighted by Crippen LogP contribution is -1.95. The van der Waals surface area contributed by atoms with Crippen molar-refractivity contribution < 1.29 is 31.4 Å². The number of hydrogen-bond acceptors (Lipinski definition) is 2. The highest BCUT2D eigenvalue weighted by molar-refractivity contribution is 5.90. The zero-order chi connectivity index (χ0) is 7.56. The Bertz CT molecular complexity index is 264. The van der Waals surface area contributed by atoms with E-state index < -0.39 is 5.97 Å². The highest BCUT2D eigenvalue weighted by Gasteiger charge is 2.05. The molecule has 0 aliphatic heterocycles. The molecule has 14 heavy (non-hydrogen) atoms. The molecule has 1 rings (SSSR count). The van der Waals surface area contributed by atoms with Gasteiger partial charge in [0.05, 0.1) is 0 Å². The van der Waals surface area contributed by atoms with Gasteiger partial charge in [-0.25, -0.2) is 4.79 Å². The molecule has 0 atom stereocenters. The van der Waals surface area contributed by atoms with Crippen LogP contribution in [0.5, 0.6) is 5.75 Å². The molecule has 0 aromatic heterocycles. The molecule has 1 aromatic carbocycles. The number of hydrogen-bond donors (Lipinski definition) is 2. The van der Waals surface area contributed by atoms with E-state index in [0.717, 1.165) is 0 Å². The van der Waals surface area contributed by atoms with Crippen LogP contribution in [0.3, 0.4) is 0 Å². The molecular weight excluding hydrogens is 204 g/mol. The van der Waals surface area contributed by atoms with E-state index in [4.69, 9.17) is 10.2 Å². The fourth-order valence-corrected chi connectivity index (χ4v) is 0.654. The molecule has 0 unspecified atom stereocenters. The van der Waals surface area contributed by atoms with Crippen LogP contribution in [0.15, 0.2) is 24.3 Å². The number of aromatic hydroxyl groups is 1. The highest BCUT2D eigenvalue weighted by atomic mass is 24.3. The van der Waals surface area contributed by atoms with Crippen molar-refractivity contribution in [2.75, 3.05) is 0 Å². The number of carbonyl (C=O) groups is 1. The van der Waals surface area contributed by atoms with Crippen molar-refractivity contribution >= 4 is 29.0 Å². The number of para-hydroxylation sites is 1. The zero-order valence-corrected chi connectivity index (χ0v) is 6.61. The highest BCUT2D eigenvalue weighted by Crippen LogP contribution is 2.14. The fraction of sp³-hybridized carbons (Fsp3) is 0. The Morgan fingerprint density at radius 1 is 1.07 bits per heavy atom. The van der Waals surface area contributed by atoms with Crippen LogP contribution < -0.4 is 0 Å². The Morgan fingerprint density at radius 3 is 1.79 bits per heavy atom. The summed E-state index contributed by atoms with van der Waals surface area (Å²) in [4.78, 5) is 10.3. The summed E-state index contributed by atoms with van der Waals surface area (Å²) >= 11 is 0. The van der Waals surface area contributed by atoms with Crippen molar-refractivity contribution in [3.05, 3.63) is 29.8 Å². The Hall–Kier alpha value is -0.864. The van der Waals surface area contributed by atoms with Gasteiger partial charge in [-0.3, -0.25) is 0 Å². The Balaban J connectivity index is -0.000000125. The summed E-state index contributed by atoms with van der Waals surface area (Å²) < 4.78 is 0. The van der Waals surface area contributed by atoms with Gasteiger partial charge in [0.2, 0.25) is 0 Å². The topological polar surface area (TPSA) is 152 Å². The second kappa shape index (κ2) is 10.2. The van der Waals surface area contributed by atoms with Gasteiger partial charge in [0, 0.05) is 0 Å². The van der Waals surface area contributed by atoms with E-state index in [0.29, 0.717) is 0 Å². The molecule has 0 saturated heterocycles. The van der Waals surface area contributed by atoms with Gasteiger partial charge in [-0.15, -0.1) is 0 Å². The molecule has 80 valence electrons. The lowest BCUT2D eigenvalue weighted by Gasteiger charge is -1.95. The van der Waals surface area contributed by atoms with Crippen LogP contribution in [0.25, 0.3) is 0 Å². The molecule has 0 spiro atoms. The standard InChI is InChI=1S/C7H6O3.Mg.3H2O.2H/c8-6-4-2-1-3-5(6)7(9)10;;;;;;/h1-4,8H,(H,9,10);;3*1H2;;. The molecule has 8 N–H and O–H groups in total. The third kappa shape index (κ3) is 5.73. The molecular formula is C7H14MgO6. The van der Waals surface area contributed by atoms with Crippen LogP contribution in [0.2, 0.25) is 0 Å². The summed E-state index contributed by atoms with van der Waals surface area (Å²) in [5.41, 5.74) is -0.0671. The molecule has 0 aliphatic carbocycles. The fourth-order valence-electron chi connectivity index (χ4n) is 0.654. The van der Waals surface area contributed by atoms with Gasteiger partial charge in [-0.05, 0) is 12.1 Å². The average Bonchev–Trinajstić information content (AvgIpc) is 1.88. The summed E-state index contributed by atoms with van der Waals surface area (Å²) in [5.74, 6) is -1.31. The lowest BCUT2D eigenvalue weighted by molar-refractivity contribution is 0.0693. The SMILES string of the molecule is O.O.O.O=C(O)c1ccccc1O.[MgH2]. The van der Waals surface area contributed by atoms with Crippen LogP contribution >= 0.6 is 0 Å². The minimum absolute atomic E-state index is 0. The Morgan fingerprint density at radius 2 is 1.50 bits per heavy atom. The van der Waals surface area contributed by atoms with Gasteiger partial charge < -0.3 is 26.6 Å². The van der Waals surface area contributed by atoms with Crippen LogP contribution in [0.1, 0.15) is 10.4 Å². The van der Waals surface area contributed by atoms with Gasteiger partial charge in [-0.2, -0.15) is 0 Å². The molecule has 0 fully saturated rings. The number of carboxylic acid groups (broad SMARTS) is 1. The maximum absolute atomic E-state index is 10.3. The predicted octanol–water partition coefficient (Wildman–Crippen LogP) is -2.30. The summed E-state index contributed by atoms with van der Waals surface area (Å²) in [6.07, 6.45) is 0. The van der Waals surface area contributed by atoms with Crippen molar-refractivity contribution in [1.82, 2.24) is 0 Å². The average molecular weight is 218 g/mol. The van der Waals surface area contributed by atoms with Crippen molar-refractivity contribution in [2.24, 2.45) is 0 Å². The minimum atomic E-state index is -1.11. The molecule has 0 saturated carbocycles. The normalized spacial score (nSPS) is 6.57. The number of carboxylic acids is 1. The quantitative estimate of drug-likeness (QED) is 0.510. The largest absolute Gasteiger partial charge is 0.507 e. The van der Waals surface area contributed by atoms with E-state index in [-0.39, 0.29) is 50.8 Å². The van der Waals surface area contributed by atoms with Gasteiger partial charge in [0.15, 0.2) is 0 Å². The zero-order valence-electron chi connectivity index (χ0n) is 6.61. The van der Waals surface area contributed by atoms with Crippen LogP contribution in [-0.2, 0) is 0 Å². The summed E-state index contributed by atoms with van der Waals surface area (Å²) in [6.45, 7) is 0. The van der Waals surface area contributed by atoms with Crippen LogP contribution in [0, 0.1) is 0 Å². The second-order valence-electron chi connectivity index (χ2n) is 1.82. The lowest BCUT2D eigenvalue weighted by atomic mass is 10.2. The first kappa shape index (κ1) is 23.2. The molecule has 7 heteroatoms. The van der Waals surface area contributed by atoms with Crippen molar-refractivity contribution in [1.29, 1.82) is 0 Å². The Kier molecular flexibility index (Phi) is 16.9. The molecule has 1 aromatic rings.